The smallest absolute Gasteiger partial charge is 0.266 e. The molecule has 3 nitrogen and oxygen atoms in total. The minimum absolute atomic E-state index is 0.0596. The Balaban J connectivity index is 1.86. The molecule has 2 fully saturated rings. The third-order valence-corrected chi connectivity index (χ3v) is 4.77. The van der Waals surface area contributed by atoms with Gasteiger partial charge in [-0.1, -0.05) is 0 Å². The van der Waals surface area contributed by atoms with Crippen LogP contribution in [0.15, 0.2) is 5.51 Å². The van der Waals surface area contributed by atoms with Crippen LogP contribution in [0.5, 0.6) is 0 Å². The summed E-state index contributed by atoms with van der Waals surface area (Å²) in [4.78, 5) is 19.2. The summed E-state index contributed by atoms with van der Waals surface area (Å²) in [7, 11) is 0. The fourth-order valence-electron chi connectivity index (χ4n) is 3.07. The standard InChI is InChI=1S/C12H15FN2OS/c1-7-11(17-6-14-7)12(16)15-9-2-3-10(15)5-8(13)4-9/h6,8-10H,2-5H2,1H3. The molecule has 3 heterocycles. The van der Waals surface area contributed by atoms with Crippen LogP contribution in [0.3, 0.4) is 0 Å². The number of fused-ring (bicyclic) bond motifs is 2. The normalized spacial score (nSPS) is 31.9. The average Bonchev–Trinajstić information content (AvgIpc) is 2.81. The molecule has 1 aromatic rings. The second-order valence-electron chi connectivity index (χ2n) is 4.93. The van der Waals surface area contributed by atoms with Crippen LogP contribution >= 0.6 is 11.3 Å². The highest BCUT2D eigenvalue weighted by Crippen LogP contribution is 2.38. The van der Waals surface area contributed by atoms with Gasteiger partial charge in [0.1, 0.15) is 11.0 Å². The molecular weight excluding hydrogens is 239 g/mol. The van der Waals surface area contributed by atoms with Crippen LogP contribution in [0.2, 0.25) is 0 Å². The number of aryl methyl sites for hydroxylation is 1. The van der Waals surface area contributed by atoms with Crippen LogP contribution in [0.4, 0.5) is 4.39 Å². The first-order chi connectivity index (χ1) is 8.16. The molecule has 0 saturated carbocycles. The maximum Gasteiger partial charge on any atom is 0.266 e. The average molecular weight is 254 g/mol. The van der Waals surface area contributed by atoms with E-state index < -0.39 is 6.17 Å². The van der Waals surface area contributed by atoms with E-state index in [-0.39, 0.29) is 18.0 Å². The molecule has 3 rings (SSSR count). The summed E-state index contributed by atoms with van der Waals surface area (Å²) in [6.45, 7) is 1.85. The number of rotatable bonds is 1. The summed E-state index contributed by atoms with van der Waals surface area (Å²) < 4.78 is 13.4. The Bertz CT molecular complexity index is 433. The van der Waals surface area contributed by atoms with Crippen molar-refractivity contribution in [3.63, 3.8) is 0 Å². The van der Waals surface area contributed by atoms with E-state index >= 15 is 0 Å². The summed E-state index contributed by atoms with van der Waals surface area (Å²) in [6, 6.07) is 0.218. The lowest BCUT2D eigenvalue weighted by atomic mass is 10.0. The molecule has 0 spiro atoms. The van der Waals surface area contributed by atoms with Crippen LogP contribution in [0, 0.1) is 6.92 Å². The molecular formula is C12H15FN2OS. The topological polar surface area (TPSA) is 33.2 Å². The van der Waals surface area contributed by atoms with Gasteiger partial charge >= 0.3 is 0 Å². The lowest BCUT2D eigenvalue weighted by molar-refractivity contribution is 0.0483. The van der Waals surface area contributed by atoms with Crippen molar-refractivity contribution in [1.29, 1.82) is 0 Å². The fraction of sp³-hybridized carbons (Fsp3) is 0.667. The first kappa shape index (κ1) is 11.1. The van der Waals surface area contributed by atoms with E-state index in [4.69, 9.17) is 0 Å². The van der Waals surface area contributed by atoms with Crippen molar-refractivity contribution < 1.29 is 9.18 Å². The van der Waals surface area contributed by atoms with Crippen molar-refractivity contribution in [1.82, 2.24) is 9.88 Å². The molecule has 17 heavy (non-hydrogen) atoms. The number of piperidine rings is 1. The second kappa shape index (κ2) is 4.05. The first-order valence-electron chi connectivity index (χ1n) is 6.03. The number of hydrogen-bond donors (Lipinski definition) is 0. The lowest BCUT2D eigenvalue weighted by Gasteiger charge is -2.36. The zero-order valence-corrected chi connectivity index (χ0v) is 10.5. The zero-order valence-electron chi connectivity index (χ0n) is 9.73. The third kappa shape index (κ3) is 1.76. The summed E-state index contributed by atoms with van der Waals surface area (Å²) in [5, 5.41) is 0. The maximum atomic E-state index is 13.4. The Kier molecular flexibility index (Phi) is 2.65. The van der Waals surface area contributed by atoms with Crippen molar-refractivity contribution in [3.8, 4) is 0 Å². The van der Waals surface area contributed by atoms with Gasteiger partial charge in [-0.3, -0.25) is 4.79 Å². The molecule has 2 aliphatic heterocycles. The Morgan fingerprint density at radius 2 is 2.12 bits per heavy atom. The lowest BCUT2D eigenvalue weighted by Crippen LogP contribution is -2.47. The zero-order chi connectivity index (χ0) is 12.0. The van der Waals surface area contributed by atoms with Crippen LogP contribution in [0.1, 0.15) is 41.0 Å². The second-order valence-corrected chi connectivity index (χ2v) is 5.79. The van der Waals surface area contributed by atoms with Crippen molar-refractivity contribution in [2.75, 3.05) is 0 Å². The molecule has 0 radical (unpaired) electrons. The predicted molar refractivity (Wildman–Crippen MR) is 64.0 cm³/mol. The highest BCUT2D eigenvalue weighted by molar-refractivity contribution is 7.11. The number of halogens is 1. The molecule has 0 N–H and O–H groups in total. The van der Waals surface area contributed by atoms with Crippen molar-refractivity contribution >= 4 is 17.2 Å². The van der Waals surface area contributed by atoms with Gasteiger partial charge in [-0.25, -0.2) is 9.37 Å². The molecule has 2 aliphatic rings. The van der Waals surface area contributed by atoms with Crippen LogP contribution in [-0.4, -0.2) is 34.0 Å². The molecule has 1 aromatic heterocycles. The third-order valence-electron chi connectivity index (χ3n) is 3.85. The highest BCUT2D eigenvalue weighted by atomic mass is 32.1. The minimum atomic E-state index is -0.723. The van der Waals surface area contributed by atoms with Gasteiger partial charge in [0.25, 0.3) is 5.91 Å². The van der Waals surface area contributed by atoms with Crippen LogP contribution in [-0.2, 0) is 0 Å². The SMILES string of the molecule is Cc1ncsc1C(=O)N1C2CCC1CC(F)C2. The molecule has 0 aromatic carbocycles. The first-order valence-corrected chi connectivity index (χ1v) is 6.91. The Morgan fingerprint density at radius 1 is 1.47 bits per heavy atom. The number of thiazole rings is 1. The van der Waals surface area contributed by atoms with Crippen LogP contribution < -0.4 is 0 Å². The van der Waals surface area contributed by atoms with Gasteiger partial charge in [0.15, 0.2) is 0 Å². The largest absolute Gasteiger partial charge is 0.332 e. The number of nitrogens with zero attached hydrogens (tertiary/aromatic N) is 2. The molecule has 5 heteroatoms. The Labute approximate surface area is 104 Å². The van der Waals surface area contributed by atoms with Crippen LogP contribution in [0.25, 0.3) is 0 Å². The van der Waals surface area contributed by atoms with Gasteiger partial charge in [0.05, 0.1) is 11.2 Å². The quantitative estimate of drug-likeness (QED) is 0.771. The Morgan fingerprint density at radius 3 is 2.65 bits per heavy atom. The molecule has 2 saturated heterocycles. The highest BCUT2D eigenvalue weighted by Gasteiger charge is 2.44. The van der Waals surface area contributed by atoms with E-state index in [0.717, 1.165) is 23.4 Å². The van der Waals surface area contributed by atoms with Gasteiger partial charge in [0.2, 0.25) is 0 Å². The van der Waals surface area contributed by atoms with Crippen molar-refractivity contribution in [2.24, 2.45) is 0 Å². The minimum Gasteiger partial charge on any atom is -0.332 e. The number of carbonyl (C=O) groups excluding carboxylic acids is 1. The van der Waals surface area contributed by atoms with Gasteiger partial charge in [-0.05, 0) is 32.6 Å². The summed E-state index contributed by atoms with van der Waals surface area (Å²) >= 11 is 1.39. The van der Waals surface area contributed by atoms with Gasteiger partial charge in [0, 0.05) is 12.1 Å². The Hall–Kier alpha value is -0.970. The fourth-order valence-corrected chi connectivity index (χ4v) is 3.81. The number of aromatic nitrogens is 1. The van der Waals surface area contributed by atoms with E-state index in [1.165, 1.54) is 11.3 Å². The number of alkyl halides is 1. The number of amides is 1. The van der Waals surface area contributed by atoms with E-state index in [9.17, 15) is 9.18 Å². The van der Waals surface area contributed by atoms with Gasteiger partial charge in [-0.2, -0.15) is 0 Å². The molecule has 2 atom stereocenters. The molecule has 0 aliphatic carbocycles. The summed E-state index contributed by atoms with van der Waals surface area (Å²) in [6.07, 6.45) is 2.21. The molecule has 2 bridgehead atoms. The summed E-state index contributed by atoms with van der Waals surface area (Å²) in [5.74, 6) is 0.0596. The van der Waals surface area contributed by atoms with E-state index in [0.29, 0.717) is 12.8 Å². The predicted octanol–water partition coefficient (Wildman–Crippen LogP) is 2.56. The number of hydrogen-bond acceptors (Lipinski definition) is 3. The monoisotopic (exact) mass is 254 g/mol. The maximum absolute atomic E-state index is 13.4. The van der Waals surface area contributed by atoms with E-state index in [1.807, 2.05) is 11.8 Å². The van der Waals surface area contributed by atoms with E-state index in [1.54, 1.807) is 5.51 Å². The van der Waals surface area contributed by atoms with Crippen molar-refractivity contribution in [3.05, 3.63) is 16.1 Å². The molecule has 92 valence electrons. The van der Waals surface area contributed by atoms with Crippen molar-refractivity contribution in [2.45, 2.75) is 50.9 Å². The van der Waals surface area contributed by atoms with Gasteiger partial charge < -0.3 is 4.90 Å². The summed E-state index contributed by atoms with van der Waals surface area (Å²) in [5.41, 5.74) is 2.49. The van der Waals surface area contributed by atoms with Gasteiger partial charge in [-0.15, -0.1) is 11.3 Å². The molecule has 2 unspecified atom stereocenters. The van der Waals surface area contributed by atoms with E-state index in [2.05, 4.69) is 4.98 Å². The number of carbonyl (C=O) groups is 1. The molecule has 1 amide bonds.